The van der Waals surface area contributed by atoms with E-state index in [0.717, 1.165) is 6.35 Å². The molecule has 0 aliphatic rings. The Hall–Kier alpha value is -1.47. The summed E-state index contributed by atoms with van der Waals surface area (Å²) in [5.41, 5.74) is 0. The second-order valence-corrected chi connectivity index (χ2v) is 9.27. The number of rotatable bonds is 5. The molecule has 0 radical (unpaired) electrons. The summed E-state index contributed by atoms with van der Waals surface area (Å²) >= 11 is 0. The summed E-state index contributed by atoms with van der Waals surface area (Å²) in [7, 11) is -0.344. The monoisotopic (exact) mass is 388 g/mol. The van der Waals surface area contributed by atoms with Crippen LogP contribution in [0.25, 0.3) is 0 Å². The van der Waals surface area contributed by atoms with Crippen LogP contribution in [-0.2, 0) is 4.74 Å². The van der Waals surface area contributed by atoms with Crippen LogP contribution in [0.4, 0.5) is 0 Å². The predicted octanol–water partition coefficient (Wildman–Crippen LogP) is 3.89. The summed E-state index contributed by atoms with van der Waals surface area (Å²) in [6.45, 7) is 0. The Balaban J connectivity index is 0.00000192. The third-order valence-electron chi connectivity index (χ3n) is 4.16. The quantitative estimate of drug-likeness (QED) is 0.602. The molecule has 0 aromatic heterocycles. The van der Waals surface area contributed by atoms with Crippen LogP contribution >= 0.6 is 24.2 Å². The van der Waals surface area contributed by atoms with E-state index in [2.05, 4.69) is 91.0 Å². The maximum atomic E-state index is 5.73. The number of benzene rings is 3. The van der Waals surface area contributed by atoms with E-state index in [1.807, 2.05) is 0 Å². The van der Waals surface area contributed by atoms with Crippen molar-refractivity contribution < 1.29 is 4.74 Å². The summed E-state index contributed by atoms with van der Waals surface area (Å²) in [4.78, 5) is 0. The number of halogens is 1. The topological polar surface area (TPSA) is 9.23 Å². The molecule has 0 atom stereocenters. The molecule has 0 spiro atoms. The first-order chi connectivity index (χ1) is 10.9. The van der Waals surface area contributed by atoms with Crippen molar-refractivity contribution in [1.82, 2.24) is 0 Å². The molecule has 3 rings (SSSR count). The molecular weight excluding hydrogens is 367 g/mol. The SMILES string of the molecule is Br.COC[PH](c1ccccc1)(c1ccccc1)c1ccccc1. The molecule has 0 aliphatic carbocycles. The van der Waals surface area contributed by atoms with Gasteiger partial charge in [-0.05, 0) is 0 Å². The van der Waals surface area contributed by atoms with E-state index in [1.165, 1.54) is 15.9 Å². The van der Waals surface area contributed by atoms with Crippen LogP contribution in [-0.4, -0.2) is 13.5 Å². The van der Waals surface area contributed by atoms with Crippen LogP contribution in [0.1, 0.15) is 0 Å². The Labute approximate surface area is 149 Å². The summed E-state index contributed by atoms with van der Waals surface area (Å²) in [5, 5.41) is 4.15. The minimum atomic E-state index is -2.15. The van der Waals surface area contributed by atoms with E-state index >= 15 is 0 Å². The van der Waals surface area contributed by atoms with Crippen LogP contribution in [0.3, 0.4) is 0 Å². The van der Waals surface area contributed by atoms with Gasteiger partial charge in [0, 0.05) is 0 Å². The van der Waals surface area contributed by atoms with Gasteiger partial charge in [-0.3, -0.25) is 0 Å². The fraction of sp³-hybridized carbons (Fsp3) is 0.100. The molecule has 0 bridgehead atoms. The van der Waals surface area contributed by atoms with Crippen molar-refractivity contribution >= 4 is 40.2 Å². The first kappa shape index (κ1) is 17.9. The fourth-order valence-corrected chi connectivity index (χ4v) is 7.35. The molecule has 120 valence electrons. The molecule has 23 heavy (non-hydrogen) atoms. The number of methoxy groups -OCH3 is 1. The molecule has 0 unspecified atom stereocenters. The van der Waals surface area contributed by atoms with E-state index in [0.29, 0.717) is 0 Å². The van der Waals surface area contributed by atoms with Crippen LogP contribution < -0.4 is 15.9 Å². The third-order valence-corrected chi connectivity index (χ3v) is 8.84. The van der Waals surface area contributed by atoms with E-state index in [-0.39, 0.29) is 17.0 Å². The van der Waals surface area contributed by atoms with Crippen molar-refractivity contribution in [2.24, 2.45) is 0 Å². The molecule has 3 aromatic carbocycles. The molecule has 0 saturated carbocycles. The van der Waals surface area contributed by atoms with Gasteiger partial charge in [0.1, 0.15) is 0 Å². The van der Waals surface area contributed by atoms with Gasteiger partial charge in [0.25, 0.3) is 0 Å². The minimum absolute atomic E-state index is 0. The summed E-state index contributed by atoms with van der Waals surface area (Å²) in [5.74, 6) is 0. The van der Waals surface area contributed by atoms with Crippen molar-refractivity contribution in [2.75, 3.05) is 13.5 Å². The van der Waals surface area contributed by atoms with Gasteiger partial charge in [0.2, 0.25) is 0 Å². The number of hydrogen-bond donors (Lipinski definition) is 0. The average molecular weight is 389 g/mol. The molecule has 3 heteroatoms. The van der Waals surface area contributed by atoms with Crippen LogP contribution in [0, 0.1) is 0 Å². The molecule has 1 nitrogen and oxygen atoms in total. The normalized spacial score (nSPS) is 11.5. The van der Waals surface area contributed by atoms with E-state index in [9.17, 15) is 0 Å². The first-order valence-electron chi connectivity index (χ1n) is 7.53. The summed E-state index contributed by atoms with van der Waals surface area (Å²) < 4.78 is 5.73. The summed E-state index contributed by atoms with van der Waals surface area (Å²) in [6.07, 6.45) is 0.741. The number of ether oxygens (including phenoxy) is 1. The van der Waals surface area contributed by atoms with E-state index < -0.39 is 7.26 Å². The predicted molar refractivity (Wildman–Crippen MR) is 109 cm³/mol. The zero-order chi connectivity index (χ0) is 15.3. The van der Waals surface area contributed by atoms with Crippen molar-refractivity contribution in [1.29, 1.82) is 0 Å². The molecule has 0 saturated heterocycles. The Morgan fingerprint density at radius 3 is 1.17 bits per heavy atom. The Bertz CT molecular complexity index is 605. The van der Waals surface area contributed by atoms with Gasteiger partial charge in [-0.2, -0.15) is 0 Å². The van der Waals surface area contributed by atoms with Gasteiger partial charge in [-0.15, -0.1) is 17.0 Å². The van der Waals surface area contributed by atoms with Gasteiger partial charge in [-0.25, -0.2) is 0 Å². The van der Waals surface area contributed by atoms with Crippen molar-refractivity contribution in [2.45, 2.75) is 0 Å². The van der Waals surface area contributed by atoms with Crippen LogP contribution in [0.5, 0.6) is 0 Å². The Morgan fingerprint density at radius 1 is 0.609 bits per heavy atom. The molecule has 0 amide bonds. The molecule has 3 aromatic rings. The van der Waals surface area contributed by atoms with Crippen molar-refractivity contribution in [3.05, 3.63) is 91.0 Å². The second-order valence-electron chi connectivity index (χ2n) is 5.44. The average Bonchev–Trinajstić information content (AvgIpc) is 2.62. The van der Waals surface area contributed by atoms with E-state index in [1.54, 1.807) is 7.11 Å². The van der Waals surface area contributed by atoms with Crippen LogP contribution in [0.2, 0.25) is 0 Å². The van der Waals surface area contributed by atoms with Crippen molar-refractivity contribution in [3.8, 4) is 0 Å². The van der Waals surface area contributed by atoms with E-state index in [4.69, 9.17) is 4.74 Å². The number of hydrogen-bond acceptors (Lipinski definition) is 1. The Kier molecular flexibility index (Phi) is 6.53. The molecular formula is C20H22BrOP. The van der Waals surface area contributed by atoms with Crippen LogP contribution in [0.15, 0.2) is 91.0 Å². The molecule has 0 heterocycles. The second kappa shape index (κ2) is 8.40. The van der Waals surface area contributed by atoms with Gasteiger partial charge in [0.15, 0.2) is 0 Å². The first-order valence-corrected chi connectivity index (χ1v) is 9.74. The third kappa shape index (κ3) is 3.55. The zero-order valence-corrected chi connectivity index (χ0v) is 15.9. The summed E-state index contributed by atoms with van der Waals surface area (Å²) in [6, 6.07) is 32.4. The van der Waals surface area contributed by atoms with Gasteiger partial charge in [-0.1, -0.05) is 0 Å². The van der Waals surface area contributed by atoms with Crippen molar-refractivity contribution in [3.63, 3.8) is 0 Å². The Morgan fingerprint density at radius 2 is 0.913 bits per heavy atom. The molecule has 0 aliphatic heterocycles. The maximum absolute atomic E-state index is 5.73. The zero-order valence-electron chi connectivity index (χ0n) is 13.2. The van der Waals surface area contributed by atoms with Gasteiger partial charge in [0.05, 0.1) is 0 Å². The van der Waals surface area contributed by atoms with Gasteiger partial charge < -0.3 is 0 Å². The standard InChI is InChI=1S/C20H21OP.BrH/c1-21-17-22(18-11-5-2-6-12-18,19-13-7-3-8-14-19)20-15-9-4-10-16-20;/h2-16,22H,17H2,1H3;1H. The van der Waals surface area contributed by atoms with Gasteiger partial charge >= 0.3 is 132 Å². The fourth-order valence-electron chi connectivity index (χ4n) is 3.13. The molecule has 0 N–H and O–H groups in total. The molecule has 0 fully saturated rings.